The maximum Gasteiger partial charge on any atom is 0.114 e. The van der Waals surface area contributed by atoms with Crippen molar-refractivity contribution in [2.45, 2.75) is 32.7 Å². The van der Waals surface area contributed by atoms with Gasteiger partial charge in [-0.15, -0.1) is 0 Å². The van der Waals surface area contributed by atoms with Gasteiger partial charge in [0, 0.05) is 6.42 Å². The topological polar surface area (TPSA) is 32.3 Å². The summed E-state index contributed by atoms with van der Waals surface area (Å²) in [6, 6.07) is 0.258. The molecule has 0 heterocycles. The number of likely N-dealkylation sites (N-methyl/N-ethyl adjacent to an activating group) is 1. The van der Waals surface area contributed by atoms with E-state index in [0.717, 1.165) is 24.0 Å². The van der Waals surface area contributed by atoms with Crippen molar-refractivity contribution in [3.63, 3.8) is 0 Å². The van der Waals surface area contributed by atoms with Crippen LogP contribution >= 0.6 is 0 Å². The lowest BCUT2D eigenvalue weighted by molar-refractivity contribution is -0.860. The van der Waals surface area contributed by atoms with Gasteiger partial charge in [-0.1, -0.05) is 38.3 Å². The van der Waals surface area contributed by atoms with Crippen LogP contribution in [0.1, 0.15) is 26.7 Å². The van der Waals surface area contributed by atoms with E-state index in [1.54, 1.807) is 19.1 Å². The second-order valence-electron chi connectivity index (χ2n) is 5.65. The summed E-state index contributed by atoms with van der Waals surface area (Å²) in [5, 5.41) is 11.3. The second kappa shape index (κ2) is 9.24. The first kappa shape index (κ1) is 19.3. The molecular weight excluding hydrogens is 262 g/mol. The predicted octanol–water partition coefficient (Wildman–Crippen LogP) is 3.28. The third-order valence-electron chi connectivity index (χ3n) is 3.39. The standard InChI is InChI=1S/C18H29NO2/c1-8-16(5)12-13-17(15(3)4)19(6,7)14-10-11-18(20)21-9-2/h8,10-11,14,17H,1,3,5,9,12-13H2,2,4,6-7H3/b14-10+,18-11+. The van der Waals surface area contributed by atoms with Gasteiger partial charge in [0.25, 0.3) is 0 Å². The largest absolute Gasteiger partial charge is 0.614 e. The molecular formula is C18H29NO2. The highest BCUT2D eigenvalue weighted by Crippen LogP contribution is 2.22. The number of quaternary nitrogens is 1. The Labute approximate surface area is 129 Å². The summed E-state index contributed by atoms with van der Waals surface area (Å²) >= 11 is 0. The van der Waals surface area contributed by atoms with E-state index in [2.05, 4.69) is 33.8 Å². The van der Waals surface area contributed by atoms with Crippen LogP contribution in [0.4, 0.5) is 0 Å². The molecule has 0 amide bonds. The molecule has 118 valence electrons. The highest BCUT2D eigenvalue weighted by molar-refractivity contribution is 5.12. The Morgan fingerprint density at radius 3 is 2.43 bits per heavy atom. The molecule has 0 aromatic heterocycles. The van der Waals surface area contributed by atoms with Gasteiger partial charge in [-0.2, -0.15) is 0 Å². The Morgan fingerprint density at radius 1 is 1.33 bits per heavy atom. The SMILES string of the molecule is C=CC(=C)CCC(C(=C)C)[N+](C)(C)/C=C/C=C(\[O-])OCC. The van der Waals surface area contributed by atoms with Gasteiger partial charge < -0.3 is 9.84 Å². The zero-order valence-electron chi connectivity index (χ0n) is 13.9. The molecule has 0 aromatic rings. The van der Waals surface area contributed by atoms with Gasteiger partial charge >= 0.3 is 0 Å². The lowest BCUT2D eigenvalue weighted by atomic mass is 9.99. The third-order valence-corrected chi connectivity index (χ3v) is 3.39. The molecule has 0 saturated carbocycles. The van der Waals surface area contributed by atoms with Crippen LogP contribution in [0.5, 0.6) is 0 Å². The van der Waals surface area contributed by atoms with Gasteiger partial charge in [0.05, 0.1) is 26.2 Å². The molecule has 0 N–H and O–H groups in total. The van der Waals surface area contributed by atoms with E-state index in [4.69, 9.17) is 4.74 Å². The first-order valence-corrected chi connectivity index (χ1v) is 7.22. The Kier molecular flexibility index (Phi) is 8.48. The molecule has 0 rings (SSSR count). The van der Waals surface area contributed by atoms with E-state index in [9.17, 15) is 5.11 Å². The molecule has 0 aromatic carbocycles. The quantitative estimate of drug-likeness (QED) is 0.268. The van der Waals surface area contributed by atoms with Crippen molar-refractivity contribution in [1.29, 1.82) is 0 Å². The number of ether oxygens (including phenoxy) is 1. The molecule has 0 spiro atoms. The van der Waals surface area contributed by atoms with Crippen molar-refractivity contribution < 1.29 is 14.3 Å². The predicted molar refractivity (Wildman–Crippen MR) is 88.1 cm³/mol. The van der Waals surface area contributed by atoms with Gasteiger partial charge in [0.2, 0.25) is 0 Å². The molecule has 1 unspecified atom stereocenters. The van der Waals surface area contributed by atoms with E-state index < -0.39 is 0 Å². The molecule has 0 bridgehead atoms. The number of hydrogen-bond donors (Lipinski definition) is 0. The normalized spacial score (nSPS) is 14.0. The van der Waals surface area contributed by atoms with Crippen molar-refractivity contribution >= 4 is 0 Å². The number of rotatable bonds is 10. The van der Waals surface area contributed by atoms with Crippen LogP contribution in [0.15, 0.2) is 61.3 Å². The summed E-state index contributed by atoms with van der Waals surface area (Å²) in [7, 11) is 4.18. The molecule has 21 heavy (non-hydrogen) atoms. The van der Waals surface area contributed by atoms with Gasteiger partial charge in [-0.25, -0.2) is 0 Å². The van der Waals surface area contributed by atoms with Gasteiger partial charge in [0.15, 0.2) is 0 Å². The van der Waals surface area contributed by atoms with Crippen LogP contribution in [0.2, 0.25) is 0 Å². The zero-order valence-corrected chi connectivity index (χ0v) is 13.9. The van der Waals surface area contributed by atoms with Crippen LogP contribution < -0.4 is 5.11 Å². The molecule has 0 aliphatic rings. The molecule has 3 heteroatoms. The molecule has 3 nitrogen and oxygen atoms in total. The molecule has 0 fully saturated rings. The summed E-state index contributed by atoms with van der Waals surface area (Å²) < 4.78 is 5.49. The van der Waals surface area contributed by atoms with E-state index in [1.165, 1.54) is 6.08 Å². The zero-order chi connectivity index (χ0) is 16.5. The minimum atomic E-state index is -0.319. The van der Waals surface area contributed by atoms with Crippen LogP contribution in [0.3, 0.4) is 0 Å². The summed E-state index contributed by atoms with van der Waals surface area (Å²) in [6.45, 7) is 16.0. The summed E-state index contributed by atoms with van der Waals surface area (Å²) in [4.78, 5) is 0. The summed E-state index contributed by atoms with van der Waals surface area (Å²) in [5.74, 6) is -0.319. The van der Waals surface area contributed by atoms with Gasteiger partial charge in [-0.05, 0) is 37.7 Å². The van der Waals surface area contributed by atoms with Crippen LogP contribution in [-0.2, 0) is 4.74 Å². The Morgan fingerprint density at radius 2 is 1.95 bits per heavy atom. The van der Waals surface area contributed by atoms with E-state index >= 15 is 0 Å². The van der Waals surface area contributed by atoms with Gasteiger partial charge in [-0.3, -0.25) is 4.48 Å². The third kappa shape index (κ3) is 7.57. The van der Waals surface area contributed by atoms with Gasteiger partial charge in [0.1, 0.15) is 6.04 Å². The lowest BCUT2D eigenvalue weighted by Crippen LogP contribution is -2.44. The van der Waals surface area contributed by atoms with Crippen molar-refractivity contribution in [2.75, 3.05) is 20.7 Å². The Hall–Kier alpha value is -1.74. The highest BCUT2D eigenvalue weighted by Gasteiger charge is 2.26. The average molecular weight is 291 g/mol. The van der Waals surface area contributed by atoms with E-state index in [0.29, 0.717) is 11.1 Å². The minimum absolute atomic E-state index is 0.258. The highest BCUT2D eigenvalue weighted by atomic mass is 16.6. The van der Waals surface area contributed by atoms with E-state index in [1.807, 2.05) is 13.1 Å². The summed E-state index contributed by atoms with van der Waals surface area (Å²) in [5.41, 5.74) is 2.14. The molecule has 0 aliphatic heterocycles. The molecule has 1 atom stereocenters. The van der Waals surface area contributed by atoms with Crippen molar-refractivity contribution in [3.05, 3.63) is 61.3 Å². The molecule has 0 aliphatic carbocycles. The minimum Gasteiger partial charge on any atom is -0.614 e. The number of hydrogen-bond acceptors (Lipinski definition) is 2. The first-order valence-electron chi connectivity index (χ1n) is 7.22. The van der Waals surface area contributed by atoms with Crippen molar-refractivity contribution in [1.82, 2.24) is 0 Å². The molecule has 0 radical (unpaired) electrons. The fraction of sp³-hybridized carbons (Fsp3) is 0.444. The Bertz CT molecular complexity index is 430. The van der Waals surface area contributed by atoms with Crippen LogP contribution in [-0.4, -0.2) is 31.2 Å². The Balaban J connectivity index is 4.90. The van der Waals surface area contributed by atoms with Crippen LogP contribution in [0, 0.1) is 0 Å². The van der Waals surface area contributed by atoms with Crippen LogP contribution in [0.25, 0.3) is 0 Å². The number of nitrogens with zero attached hydrogens (tertiary/aromatic N) is 1. The molecule has 0 saturated heterocycles. The monoisotopic (exact) mass is 291 g/mol. The fourth-order valence-electron chi connectivity index (χ4n) is 2.21. The maximum absolute atomic E-state index is 11.3. The maximum atomic E-state index is 11.3. The number of allylic oxidation sites excluding steroid dienone is 4. The summed E-state index contributed by atoms with van der Waals surface area (Å²) in [6.07, 6.45) is 8.79. The smallest absolute Gasteiger partial charge is 0.114 e. The van der Waals surface area contributed by atoms with Crippen molar-refractivity contribution in [3.8, 4) is 0 Å². The lowest BCUT2D eigenvalue weighted by Gasteiger charge is -2.35. The first-order chi connectivity index (χ1) is 9.74. The second-order valence-corrected chi connectivity index (χ2v) is 5.65. The van der Waals surface area contributed by atoms with Crippen molar-refractivity contribution in [2.24, 2.45) is 0 Å². The average Bonchev–Trinajstić information content (AvgIpc) is 2.37. The fourth-order valence-corrected chi connectivity index (χ4v) is 2.21. The van der Waals surface area contributed by atoms with E-state index in [-0.39, 0.29) is 12.0 Å².